The Bertz CT molecular complexity index is 1260. The average molecular weight is 404 g/mol. The predicted octanol–water partition coefficient (Wildman–Crippen LogP) is 2.72. The largest absolute Gasteiger partial charge is 0.497 e. The van der Waals surface area contributed by atoms with Gasteiger partial charge < -0.3 is 10.1 Å². The zero-order chi connectivity index (χ0) is 21.1. The molecule has 0 bridgehead atoms. The van der Waals surface area contributed by atoms with Gasteiger partial charge >= 0.3 is 0 Å². The number of nitrogens with zero attached hydrogens (tertiary/aromatic N) is 3. The van der Waals surface area contributed by atoms with E-state index in [1.165, 1.54) is 10.2 Å². The van der Waals surface area contributed by atoms with Crippen LogP contribution in [-0.4, -0.2) is 33.7 Å². The van der Waals surface area contributed by atoms with Crippen molar-refractivity contribution in [2.75, 3.05) is 13.7 Å². The van der Waals surface area contributed by atoms with Crippen LogP contribution in [0.15, 0.2) is 59.4 Å². The molecule has 0 unspecified atom stereocenters. The Balaban J connectivity index is 1.48. The number of carbonyl (C=O) groups excluding carboxylic acids is 1. The Hall–Kier alpha value is -3.61. The van der Waals surface area contributed by atoms with Gasteiger partial charge in [0.05, 0.1) is 12.6 Å². The van der Waals surface area contributed by atoms with Crippen LogP contribution in [0.3, 0.4) is 0 Å². The van der Waals surface area contributed by atoms with E-state index in [-0.39, 0.29) is 18.0 Å². The molecule has 1 amide bonds. The standard InChI is InChI=1S/C23H24N4O3/c1-16-25-26(15-22(28)24-12-6-9-17-7-4-3-5-8-17)23(29)21-14-18-13-19(30-2)10-11-20(18)27(16)21/h3-5,7-8,10-11,13-14H,6,9,12,15H2,1-2H3,(H,24,28). The zero-order valence-corrected chi connectivity index (χ0v) is 17.1. The number of carbonyl (C=O) groups is 1. The lowest BCUT2D eigenvalue weighted by molar-refractivity contribution is -0.121. The molecular formula is C23H24N4O3. The highest BCUT2D eigenvalue weighted by molar-refractivity contribution is 5.88. The summed E-state index contributed by atoms with van der Waals surface area (Å²) in [5, 5.41) is 8.12. The molecule has 0 radical (unpaired) electrons. The summed E-state index contributed by atoms with van der Waals surface area (Å²) >= 11 is 0. The second kappa shape index (κ2) is 8.41. The van der Waals surface area contributed by atoms with E-state index in [1.807, 2.05) is 53.8 Å². The van der Waals surface area contributed by atoms with E-state index in [2.05, 4.69) is 22.5 Å². The Kier molecular flexibility index (Phi) is 5.52. The number of nitrogens with one attached hydrogen (secondary N) is 1. The Labute approximate surface area is 173 Å². The molecular weight excluding hydrogens is 380 g/mol. The lowest BCUT2D eigenvalue weighted by Gasteiger charge is -2.09. The number of amides is 1. The summed E-state index contributed by atoms with van der Waals surface area (Å²) in [7, 11) is 1.61. The van der Waals surface area contributed by atoms with Crippen molar-refractivity contribution in [1.29, 1.82) is 0 Å². The van der Waals surface area contributed by atoms with E-state index in [9.17, 15) is 9.59 Å². The van der Waals surface area contributed by atoms with Crippen LogP contribution < -0.4 is 15.6 Å². The van der Waals surface area contributed by atoms with Crippen LogP contribution in [0, 0.1) is 6.92 Å². The second-order valence-corrected chi connectivity index (χ2v) is 7.24. The maximum Gasteiger partial charge on any atom is 0.291 e. The molecule has 4 rings (SSSR count). The lowest BCUT2D eigenvalue weighted by Crippen LogP contribution is -2.35. The van der Waals surface area contributed by atoms with Crippen molar-refractivity contribution < 1.29 is 9.53 Å². The highest BCUT2D eigenvalue weighted by Crippen LogP contribution is 2.24. The van der Waals surface area contributed by atoms with E-state index in [1.54, 1.807) is 7.11 Å². The van der Waals surface area contributed by atoms with Gasteiger partial charge in [0.25, 0.3) is 5.56 Å². The fourth-order valence-electron chi connectivity index (χ4n) is 3.69. The van der Waals surface area contributed by atoms with Crippen LogP contribution in [0.25, 0.3) is 16.4 Å². The number of ether oxygens (including phenoxy) is 1. The molecule has 0 atom stereocenters. The topological polar surface area (TPSA) is 77.6 Å². The minimum atomic E-state index is -0.296. The molecule has 0 aliphatic carbocycles. The van der Waals surface area contributed by atoms with E-state index < -0.39 is 0 Å². The molecule has 0 saturated heterocycles. The SMILES string of the molecule is COc1ccc2c(c1)cc1c(=O)n(CC(=O)NCCCc3ccccc3)nc(C)n12. The van der Waals surface area contributed by atoms with Gasteiger partial charge in [0.1, 0.15) is 23.6 Å². The van der Waals surface area contributed by atoms with Gasteiger partial charge in [0.2, 0.25) is 5.91 Å². The maximum absolute atomic E-state index is 12.9. The van der Waals surface area contributed by atoms with Gasteiger partial charge in [-0.25, -0.2) is 4.68 Å². The Morgan fingerprint density at radius 2 is 1.90 bits per heavy atom. The van der Waals surface area contributed by atoms with Gasteiger partial charge in [0.15, 0.2) is 0 Å². The number of rotatable bonds is 7. The molecule has 0 fully saturated rings. The quantitative estimate of drug-likeness (QED) is 0.481. The average Bonchev–Trinajstić information content (AvgIpc) is 3.15. The van der Waals surface area contributed by atoms with Gasteiger partial charge in [0, 0.05) is 11.9 Å². The number of methoxy groups -OCH3 is 1. The first kappa shape index (κ1) is 19.7. The number of benzene rings is 2. The molecule has 154 valence electrons. The van der Waals surface area contributed by atoms with Gasteiger partial charge in [-0.2, -0.15) is 5.10 Å². The number of fused-ring (bicyclic) bond motifs is 3. The minimum Gasteiger partial charge on any atom is -0.497 e. The molecule has 2 heterocycles. The summed E-state index contributed by atoms with van der Waals surface area (Å²) in [6, 6.07) is 17.6. The maximum atomic E-state index is 12.9. The van der Waals surface area contributed by atoms with Gasteiger partial charge in [-0.15, -0.1) is 0 Å². The van der Waals surface area contributed by atoms with Crippen molar-refractivity contribution in [2.24, 2.45) is 0 Å². The molecule has 30 heavy (non-hydrogen) atoms. The first-order valence-corrected chi connectivity index (χ1v) is 9.94. The highest BCUT2D eigenvalue weighted by Gasteiger charge is 2.14. The van der Waals surface area contributed by atoms with Crippen LogP contribution in [0.1, 0.15) is 17.8 Å². The Morgan fingerprint density at radius 3 is 2.67 bits per heavy atom. The third kappa shape index (κ3) is 3.91. The molecule has 0 spiro atoms. The summed E-state index contributed by atoms with van der Waals surface area (Å²) < 4.78 is 8.31. The van der Waals surface area contributed by atoms with Crippen molar-refractivity contribution in [3.05, 3.63) is 76.3 Å². The third-order valence-electron chi connectivity index (χ3n) is 5.15. The van der Waals surface area contributed by atoms with E-state index in [0.717, 1.165) is 29.5 Å². The summed E-state index contributed by atoms with van der Waals surface area (Å²) in [4.78, 5) is 25.3. The highest BCUT2D eigenvalue weighted by atomic mass is 16.5. The molecule has 4 aromatic rings. The molecule has 1 N–H and O–H groups in total. The van der Waals surface area contributed by atoms with E-state index >= 15 is 0 Å². The van der Waals surface area contributed by atoms with Crippen molar-refractivity contribution in [1.82, 2.24) is 19.5 Å². The van der Waals surface area contributed by atoms with Crippen molar-refractivity contribution in [2.45, 2.75) is 26.3 Å². The fraction of sp³-hybridized carbons (Fsp3) is 0.261. The second-order valence-electron chi connectivity index (χ2n) is 7.24. The zero-order valence-electron chi connectivity index (χ0n) is 17.1. The normalized spacial score (nSPS) is 11.1. The monoisotopic (exact) mass is 404 g/mol. The molecule has 2 aromatic carbocycles. The Morgan fingerprint density at radius 1 is 1.10 bits per heavy atom. The summed E-state index contributed by atoms with van der Waals surface area (Å²) in [6.45, 7) is 2.27. The molecule has 0 aliphatic heterocycles. The molecule has 2 aromatic heterocycles. The fourth-order valence-corrected chi connectivity index (χ4v) is 3.69. The number of aryl methyl sites for hydroxylation is 2. The lowest BCUT2D eigenvalue weighted by atomic mass is 10.1. The van der Waals surface area contributed by atoms with Crippen LogP contribution in [0.2, 0.25) is 0 Å². The first-order chi connectivity index (χ1) is 14.6. The number of hydrogen-bond acceptors (Lipinski definition) is 4. The molecule has 7 heteroatoms. The number of hydrogen-bond donors (Lipinski definition) is 1. The van der Waals surface area contributed by atoms with Crippen molar-refractivity contribution in [3.63, 3.8) is 0 Å². The smallest absolute Gasteiger partial charge is 0.291 e. The van der Waals surface area contributed by atoms with E-state index in [0.29, 0.717) is 17.9 Å². The third-order valence-corrected chi connectivity index (χ3v) is 5.15. The van der Waals surface area contributed by atoms with Gasteiger partial charge in [-0.1, -0.05) is 30.3 Å². The van der Waals surface area contributed by atoms with Gasteiger partial charge in [-0.05, 0) is 49.6 Å². The summed E-state index contributed by atoms with van der Waals surface area (Å²) in [6.07, 6.45) is 1.73. The van der Waals surface area contributed by atoms with Crippen LogP contribution in [0.5, 0.6) is 5.75 Å². The first-order valence-electron chi connectivity index (χ1n) is 9.94. The van der Waals surface area contributed by atoms with E-state index in [4.69, 9.17) is 4.74 Å². The summed E-state index contributed by atoms with van der Waals surface area (Å²) in [5.74, 6) is 1.14. The number of aromatic nitrogens is 3. The molecule has 7 nitrogen and oxygen atoms in total. The van der Waals surface area contributed by atoms with Gasteiger partial charge in [-0.3, -0.25) is 14.0 Å². The van der Waals surface area contributed by atoms with Crippen molar-refractivity contribution >= 4 is 22.3 Å². The van der Waals surface area contributed by atoms with Crippen LogP contribution in [0.4, 0.5) is 0 Å². The predicted molar refractivity (Wildman–Crippen MR) is 116 cm³/mol. The van der Waals surface area contributed by atoms with Crippen molar-refractivity contribution in [3.8, 4) is 5.75 Å². The minimum absolute atomic E-state index is 0.105. The van der Waals surface area contributed by atoms with Crippen LogP contribution in [-0.2, 0) is 17.8 Å². The summed E-state index contributed by atoms with van der Waals surface area (Å²) in [5.41, 5.74) is 2.31. The van der Waals surface area contributed by atoms with Crippen LogP contribution >= 0.6 is 0 Å². The molecule has 0 aliphatic rings. The molecule has 0 saturated carbocycles.